The van der Waals surface area contributed by atoms with E-state index in [0.717, 1.165) is 43.7 Å². The van der Waals surface area contributed by atoms with Gasteiger partial charge in [-0.25, -0.2) is 0 Å². The van der Waals surface area contributed by atoms with Crippen molar-refractivity contribution < 1.29 is 14.3 Å². The van der Waals surface area contributed by atoms with Crippen LogP contribution < -0.4 is 0 Å². The van der Waals surface area contributed by atoms with E-state index in [1.54, 1.807) is 17.6 Å². The first-order valence-electron chi connectivity index (χ1n) is 7.96. The van der Waals surface area contributed by atoms with Crippen LogP contribution in [0.3, 0.4) is 0 Å². The monoisotopic (exact) mass is 331 g/mol. The fourth-order valence-electron chi connectivity index (χ4n) is 3.21. The molecule has 0 amide bonds. The first-order valence-corrected chi connectivity index (χ1v) is 8.91. The predicted molar refractivity (Wildman–Crippen MR) is 91.6 cm³/mol. The van der Waals surface area contributed by atoms with Gasteiger partial charge in [-0.2, -0.15) is 11.3 Å². The average molecular weight is 331 g/mol. The van der Waals surface area contributed by atoms with E-state index in [9.17, 15) is 4.79 Å². The van der Waals surface area contributed by atoms with Crippen LogP contribution in [0.15, 0.2) is 45.7 Å². The second-order valence-corrected chi connectivity index (χ2v) is 6.61. The summed E-state index contributed by atoms with van der Waals surface area (Å²) in [7, 11) is 0. The van der Waals surface area contributed by atoms with Gasteiger partial charge in [-0.3, -0.25) is 9.69 Å². The zero-order valence-corrected chi connectivity index (χ0v) is 13.8. The van der Waals surface area contributed by atoms with Gasteiger partial charge in [0.15, 0.2) is 0 Å². The number of carbonyl (C=O) groups is 1. The van der Waals surface area contributed by atoms with Crippen molar-refractivity contribution in [3.05, 3.63) is 52.6 Å². The lowest BCUT2D eigenvalue weighted by atomic mass is 10.1. The van der Waals surface area contributed by atoms with Crippen LogP contribution in [-0.2, 0) is 4.79 Å². The van der Waals surface area contributed by atoms with Gasteiger partial charge in [-0.05, 0) is 60.3 Å². The molecule has 1 saturated heterocycles. The Morgan fingerprint density at radius 2 is 2.39 bits per heavy atom. The molecule has 0 aliphatic carbocycles. The van der Waals surface area contributed by atoms with Crippen LogP contribution in [0.25, 0.3) is 5.57 Å². The number of rotatable bonds is 7. The van der Waals surface area contributed by atoms with E-state index in [2.05, 4.69) is 27.8 Å². The van der Waals surface area contributed by atoms with E-state index < -0.39 is 5.97 Å². The van der Waals surface area contributed by atoms with E-state index in [4.69, 9.17) is 9.52 Å². The molecule has 0 spiro atoms. The molecule has 3 rings (SSSR count). The van der Waals surface area contributed by atoms with Crippen LogP contribution in [-0.4, -0.2) is 35.1 Å². The smallest absolute Gasteiger partial charge is 0.304 e. The van der Waals surface area contributed by atoms with E-state index in [1.807, 2.05) is 12.1 Å². The molecule has 122 valence electrons. The Kier molecular flexibility index (Phi) is 5.31. The lowest BCUT2D eigenvalue weighted by Gasteiger charge is -2.22. The standard InChI is InChI=1S/C18H21NO3S/c20-18(21)12-15-4-1-8-19(15)9-2-5-16(14-7-11-23-13-14)17-6-3-10-22-17/h3,5-7,10-11,13,15H,1-2,4,8-9,12H2,(H,20,21)/t15-/m0/s1. The molecule has 3 heterocycles. The second kappa shape index (κ2) is 7.62. The normalized spacial score (nSPS) is 19.3. The van der Waals surface area contributed by atoms with E-state index in [0.29, 0.717) is 0 Å². The summed E-state index contributed by atoms with van der Waals surface area (Å²) in [4.78, 5) is 13.2. The first-order chi connectivity index (χ1) is 11.2. The van der Waals surface area contributed by atoms with Crippen molar-refractivity contribution in [1.29, 1.82) is 0 Å². The van der Waals surface area contributed by atoms with Crippen molar-refractivity contribution in [3.8, 4) is 0 Å². The Morgan fingerprint density at radius 3 is 3.09 bits per heavy atom. The maximum absolute atomic E-state index is 10.9. The minimum Gasteiger partial charge on any atom is -0.481 e. The fraction of sp³-hybridized carbons (Fsp3) is 0.389. The van der Waals surface area contributed by atoms with Crippen LogP contribution in [0.1, 0.15) is 37.0 Å². The van der Waals surface area contributed by atoms with Gasteiger partial charge >= 0.3 is 5.97 Å². The first kappa shape index (κ1) is 16.0. The number of furan rings is 1. The number of aliphatic carboxylic acids is 1. The van der Waals surface area contributed by atoms with Crippen LogP contribution in [0.2, 0.25) is 0 Å². The van der Waals surface area contributed by atoms with Gasteiger partial charge in [0.2, 0.25) is 0 Å². The molecule has 0 aromatic carbocycles. The molecule has 4 nitrogen and oxygen atoms in total. The van der Waals surface area contributed by atoms with E-state index >= 15 is 0 Å². The van der Waals surface area contributed by atoms with Crippen molar-refractivity contribution in [1.82, 2.24) is 4.90 Å². The number of likely N-dealkylation sites (tertiary alicyclic amines) is 1. The highest BCUT2D eigenvalue weighted by Gasteiger charge is 2.25. The molecule has 1 fully saturated rings. The molecule has 0 bridgehead atoms. The number of hydrogen-bond donors (Lipinski definition) is 1. The fourth-order valence-corrected chi connectivity index (χ4v) is 3.86. The SMILES string of the molecule is O=C(O)C[C@@H]1CCCN1CCC=C(c1ccsc1)c1ccco1. The molecular formula is C18H21NO3S. The number of carboxylic acids is 1. The van der Waals surface area contributed by atoms with E-state index in [-0.39, 0.29) is 12.5 Å². The quantitative estimate of drug-likeness (QED) is 0.830. The van der Waals surface area contributed by atoms with Gasteiger partial charge in [0, 0.05) is 18.2 Å². The molecule has 1 N–H and O–H groups in total. The van der Waals surface area contributed by atoms with Gasteiger partial charge in [-0.15, -0.1) is 0 Å². The zero-order valence-electron chi connectivity index (χ0n) is 13.0. The van der Waals surface area contributed by atoms with Crippen LogP contribution in [0.4, 0.5) is 0 Å². The molecule has 0 radical (unpaired) electrons. The van der Waals surface area contributed by atoms with Crippen molar-refractivity contribution in [3.63, 3.8) is 0 Å². The number of hydrogen-bond acceptors (Lipinski definition) is 4. The second-order valence-electron chi connectivity index (χ2n) is 5.83. The van der Waals surface area contributed by atoms with Gasteiger partial charge in [-0.1, -0.05) is 6.08 Å². The van der Waals surface area contributed by atoms with Gasteiger partial charge in [0.25, 0.3) is 0 Å². The third-order valence-electron chi connectivity index (χ3n) is 4.29. The molecular weight excluding hydrogens is 310 g/mol. The zero-order chi connectivity index (χ0) is 16.1. The lowest BCUT2D eigenvalue weighted by molar-refractivity contribution is -0.138. The maximum atomic E-state index is 10.9. The number of nitrogens with zero attached hydrogens (tertiary/aromatic N) is 1. The Morgan fingerprint density at radius 1 is 1.48 bits per heavy atom. The average Bonchev–Trinajstić information content (AvgIpc) is 3.26. The summed E-state index contributed by atoms with van der Waals surface area (Å²) in [5, 5.41) is 13.2. The van der Waals surface area contributed by atoms with Crippen molar-refractivity contribution in [2.24, 2.45) is 0 Å². The Bertz CT molecular complexity index is 610. The number of carboxylic acid groups (broad SMARTS) is 1. The van der Waals surface area contributed by atoms with Crippen LogP contribution >= 0.6 is 11.3 Å². The summed E-state index contributed by atoms with van der Waals surface area (Å²) in [5.74, 6) is 0.180. The lowest BCUT2D eigenvalue weighted by Crippen LogP contribution is -2.32. The predicted octanol–water partition coefficient (Wildman–Crippen LogP) is 4.10. The number of thiophene rings is 1. The van der Waals surface area contributed by atoms with Crippen molar-refractivity contribution in [2.45, 2.75) is 31.7 Å². The maximum Gasteiger partial charge on any atom is 0.304 e. The van der Waals surface area contributed by atoms with Crippen molar-refractivity contribution in [2.75, 3.05) is 13.1 Å². The summed E-state index contributed by atoms with van der Waals surface area (Å²) in [6.45, 7) is 1.90. The van der Waals surface area contributed by atoms with Gasteiger partial charge in [0.1, 0.15) is 5.76 Å². The molecule has 2 aromatic rings. The topological polar surface area (TPSA) is 53.7 Å². The van der Waals surface area contributed by atoms with Crippen LogP contribution in [0.5, 0.6) is 0 Å². The molecule has 23 heavy (non-hydrogen) atoms. The Labute approximate surface area is 140 Å². The highest BCUT2D eigenvalue weighted by molar-refractivity contribution is 7.08. The summed E-state index contributed by atoms with van der Waals surface area (Å²) >= 11 is 1.67. The largest absolute Gasteiger partial charge is 0.481 e. The summed E-state index contributed by atoms with van der Waals surface area (Å²) < 4.78 is 5.56. The molecule has 0 unspecified atom stereocenters. The highest BCUT2D eigenvalue weighted by Crippen LogP contribution is 2.27. The van der Waals surface area contributed by atoms with Gasteiger partial charge in [0.05, 0.1) is 12.7 Å². The summed E-state index contributed by atoms with van der Waals surface area (Å²) in [5.41, 5.74) is 2.29. The summed E-state index contributed by atoms with van der Waals surface area (Å²) in [6.07, 6.45) is 7.13. The highest BCUT2D eigenvalue weighted by atomic mass is 32.1. The van der Waals surface area contributed by atoms with Gasteiger partial charge < -0.3 is 9.52 Å². The van der Waals surface area contributed by atoms with E-state index in [1.165, 1.54) is 5.56 Å². The third-order valence-corrected chi connectivity index (χ3v) is 4.98. The Hall–Kier alpha value is -1.85. The van der Waals surface area contributed by atoms with Crippen molar-refractivity contribution >= 4 is 22.9 Å². The minimum atomic E-state index is -0.702. The molecule has 0 saturated carbocycles. The molecule has 1 aliphatic heterocycles. The molecule has 1 aliphatic rings. The van der Waals surface area contributed by atoms with Crippen LogP contribution in [0, 0.1) is 0 Å². The minimum absolute atomic E-state index is 0.189. The third kappa shape index (κ3) is 4.12. The molecule has 5 heteroatoms. The molecule has 2 aromatic heterocycles. The molecule has 1 atom stereocenters. The summed E-state index contributed by atoms with van der Waals surface area (Å²) in [6, 6.07) is 6.17. The Balaban J connectivity index is 1.66.